The average molecular weight is 315 g/mol. The van der Waals surface area contributed by atoms with Crippen LogP contribution in [0, 0.1) is 11.7 Å². The molecule has 4 nitrogen and oxygen atoms in total. The maximum atomic E-state index is 12.9. The third-order valence-electron chi connectivity index (χ3n) is 4.54. The lowest BCUT2D eigenvalue weighted by atomic mass is 9.84. The molecule has 5 heteroatoms. The smallest absolute Gasteiger partial charge is 0.225 e. The van der Waals surface area contributed by atoms with Gasteiger partial charge in [-0.25, -0.2) is 4.39 Å². The van der Waals surface area contributed by atoms with Gasteiger partial charge in [0.15, 0.2) is 0 Å². The molecule has 1 aliphatic carbocycles. The zero-order valence-corrected chi connectivity index (χ0v) is 13.4. The molecule has 1 aromatic heterocycles. The summed E-state index contributed by atoms with van der Waals surface area (Å²) in [6.07, 6.45) is 5.02. The molecule has 1 aromatic carbocycles. The van der Waals surface area contributed by atoms with E-state index < -0.39 is 0 Å². The van der Waals surface area contributed by atoms with Crippen LogP contribution >= 0.6 is 0 Å². The number of H-pyrrole nitrogens is 1. The van der Waals surface area contributed by atoms with Gasteiger partial charge in [-0.2, -0.15) is 5.10 Å². The van der Waals surface area contributed by atoms with Crippen molar-refractivity contribution >= 4 is 5.91 Å². The molecule has 1 aliphatic rings. The molecule has 23 heavy (non-hydrogen) atoms. The van der Waals surface area contributed by atoms with Crippen molar-refractivity contribution in [3.05, 3.63) is 41.8 Å². The Labute approximate surface area is 135 Å². The Kier molecular flexibility index (Phi) is 4.74. The Morgan fingerprint density at radius 1 is 1.35 bits per heavy atom. The van der Waals surface area contributed by atoms with E-state index in [9.17, 15) is 9.18 Å². The van der Waals surface area contributed by atoms with Crippen LogP contribution in [-0.2, 0) is 11.2 Å². The van der Waals surface area contributed by atoms with Crippen LogP contribution in [0.5, 0.6) is 0 Å². The Hall–Kier alpha value is -2.17. The first-order valence-electron chi connectivity index (χ1n) is 8.18. The SMILES string of the molecule is CN(CCCc1cc(-c2ccc(F)cc2)n[nH]1)C(=O)C1CCC1. The number of amides is 1. The Bertz CT molecular complexity index is 661. The number of nitrogens with one attached hydrogen (secondary N) is 1. The molecule has 0 atom stereocenters. The fraction of sp³-hybridized carbons (Fsp3) is 0.444. The normalized spacial score (nSPS) is 14.5. The second-order valence-corrected chi connectivity index (χ2v) is 6.28. The summed E-state index contributed by atoms with van der Waals surface area (Å²) < 4.78 is 12.9. The number of halogens is 1. The van der Waals surface area contributed by atoms with E-state index >= 15 is 0 Å². The first-order valence-corrected chi connectivity index (χ1v) is 8.18. The van der Waals surface area contributed by atoms with Crippen LogP contribution in [0.25, 0.3) is 11.3 Å². The van der Waals surface area contributed by atoms with Gasteiger partial charge in [-0.05, 0) is 56.0 Å². The number of aryl methyl sites for hydroxylation is 1. The summed E-state index contributed by atoms with van der Waals surface area (Å²) in [5.41, 5.74) is 2.75. The summed E-state index contributed by atoms with van der Waals surface area (Å²) in [4.78, 5) is 13.9. The Morgan fingerprint density at radius 3 is 2.74 bits per heavy atom. The molecule has 0 spiro atoms. The summed E-state index contributed by atoms with van der Waals surface area (Å²) >= 11 is 0. The number of aromatic amines is 1. The van der Waals surface area contributed by atoms with Gasteiger partial charge < -0.3 is 4.90 Å². The van der Waals surface area contributed by atoms with E-state index in [4.69, 9.17) is 0 Å². The van der Waals surface area contributed by atoms with Gasteiger partial charge >= 0.3 is 0 Å². The van der Waals surface area contributed by atoms with Gasteiger partial charge in [-0.1, -0.05) is 6.42 Å². The molecule has 0 radical (unpaired) electrons. The number of hydrogen-bond acceptors (Lipinski definition) is 2. The predicted molar refractivity (Wildman–Crippen MR) is 87.3 cm³/mol. The molecule has 1 saturated carbocycles. The monoisotopic (exact) mass is 315 g/mol. The van der Waals surface area contributed by atoms with E-state index in [0.717, 1.165) is 49.2 Å². The first kappa shape index (κ1) is 15.7. The fourth-order valence-corrected chi connectivity index (χ4v) is 2.84. The van der Waals surface area contributed by atoms with E-state index in [1.54, 1.807) is 12.1 Å². The number of benzene rings is 1. The highest BCUT2D eigenvalue weighted by molar-refractivity contribution is 5.79. The standard InChI is InChI=1S/C18H22FN3O/c1-22(18(23)14-4-2-5-14)11-3-6-16-12-17(21-20-16)13-7-9-15(19)10-8-13/h7-10,12,14H,2-6,11H2,1H3,(H,20,21). The lowest BCUT2D eigenvalue weighted by Gasteiger charge is -2.29. The molecule has 0 saturated heterocycles. The van der Waals surface area contributed by atoms with Crippen LogP contribution in [0.1, 0.15) is 31.4 Å². The van der Waals surface area contributed by atoms with Gasteiger partial charge in [-0.15, -0.1) is 0 Å². The molecule has 0 bridgehead atoms. The van der Waals surface area contributed by atoms with Crippen molar-refractivity contribution in [1.29, 1.82) is 0 Å². The van der Waals surface area contributed by atoms with Gasteiger partial charge in [-0.3, -0.25) is 9.89 Å². The minimum absolute atomic E-state index is 0.247. The highest BCUT2D eigenvalue weighted by atomic mass is 19.1. The number of aromatic nitrogens is 2. The van der Waals surface area contributed by atoms with Gasteiger partial charge in [0, 0.05) is 30.8 Å². The number of hydrogen-bond donors (Lipinski definition) is 1. The second kappa shape index (κ2) is 6.94. The van der Waals surface area contributed by atoms with Crippen molar-refractivity contribution in [3.63, 3.8) is 0 Å². The number of carbonyl (C=O) groups is 1. The number of rotatable bonds is 6. The van der Waals surface area contributed by atoms with Crippen molar-refractivity contribution < 1.29 is 9.18 Å². The number of nitrogens with zero attached hydrogens (tertiary/aromatic N) is 2. The summed E-state index contributed by atoms with van der Waals surface area (Å²) in [7, 11) is 1.89. The molecule has 1 heterocycles. The molecule has 1 amide bonds. The van der Waals surface area contributed by atoms with Crippen LogP contribution in [0.3, 0.4) is 0 Å². The van der Waals surface area contributed by atoms with Gasteiger partial charge in [0.05, 0.1) is 5.69 Å². The first-order chi connectivity index (χ1) is 11.1. The highest BCUT2D eigenvalue weighted by Crippen LogP contribution is 2.28. The molecule has 0 unspecified atom stereocenters. The zero-order valence-electron chi connectivity index (χ0n) is 13.4. The predicted octanol–water partition coefficient (Wildman–Crippen LogP) is 3.41. The van der Waals surface area contributed by atoms with E-state index in [2.05, 4.69) is 10.2 Å². The van der Waals surface area contributed by atoms with Crippen molar-refractivity contribution in [2.45, 2.75) is 32.1 Å². The molecule has 0 aliphatic heterocycles. The van der Waals surface area contributed by atoms with Crippen molar-refractivity contribution in [1.82, 2.24) is 15.1 Å². The van der Waals surface area contributed by atoms with Crippen molar-refractivity contribution in [3.8, 4) is 11.3 Å². The van der Waals surface area contributed by atoms with E-state index in [1.807, 2.05) is 18.0 Å². The summed E-state index contributed by atoms with van der Waals surface area (Å²) in [6, 6.07) is 8.30. The van der Waals surface area contributed by atoms with Crippen LogP contribution in [0.2, 0.25) is 0 Å². The molecule has 122 valence electrons. The third-order valence-corrected chi connectivity index (χ3v) is 4.54. The topological polar surface area (TPSA) is 49.0 Å². The lowest BCUT2D eigenvalue weighted by Crippen LogP contribution is -2.36. The average Bonchev–Trinajstić information content (AvgIpc) is 2.95. The Morgan fingerprint density at radius 2 is 2.09 bits per heavy atom. The molecular weight excluding hydrogens is 293 g/mol. The second-order valence-electron chi connectivity index (χ2n) is 6.28. The maximum Gasteiger partial charge on any atom is 0.225 e. The third kappa shape index (κ3) is 3.78. The molecule has 3 rings (SSSR count). The van der Waals surface area contributed by atoms with Crippen LogP contribution in [0.4, 0.5) is 4.39 Å². The van der Waals surface area contributed by atoms with Crippen LogP contribution in [0.15, 0.2) is 30.3 Å². The molecule has 1 fully saturated rings. The van der Waals surface area contributed by atoms with E-state index in [-0.39, 0.29) is 17.6 Å². The summed E-state index contributed by atoms with van der Waals surface area (Å²) in [6.45, 7) is 0.764. The molecule has 2 aromatic rings. The zero-order chi connectivity index (χ0) is 16.2. The van der Waals surface area contributed by atoms with E-state index in [1.165, 1.54) is 18.6 Å². The fourth-order valence-electron chi connectivity index (χ4n) is 2.84. The molecular formula is C18H22FN3O. The van der Waals surface area contributed by atoms with Crippen molar-refractivity contribution in [2.75, 3.05) is 13.6 Å². The van der Waals surface area contributed by atoms with Crippen LogP contribution < -0.4 is 0 Å². The maximum absolute atomic E-state index is 12.9. The largest absolute Gasteiger partial charge is 0.346 e. The highest BCUT2D eigenvalue weighted by Gasteiger charge is 2.27. The summed E-state index contributed by atoms with van der Waals surface area (Å²) in [5, 5.41) is 7.29. The van der Waals surface area contributed by atoms with Crippen molar-refractivity contribution in [2.24, 2.45) is 5.92 Å². The van der Waals surface area contributed by atoms with E-state index in [0.29, 0.717) is 0 Å². The molecule has 1 N–H and O–H groups in total. The number of carbonyl (C=O) groups excluding carboxylic acids is 1. The Balaban J connectivity index is 1.49. The lowest BCUT2D eigenvalue weighted by molar-refractivity contribution is -0.136. The van der Waals surface area contributed by atoms with Gasteiger partial charge in [0.1, 0.15) is 5.82 Å². The van der Waals surface area contributed by atoms with Gasteiger partial charge in [0.2, 0.25) is 5.91 Å². The minimum atomic E-state index is -0.247. The van der Waals surface area contributed by atoms with Gasteiger partial charge in [0.25, 0.3) is 0 Å². The summed E-state index contributed by atoms with van der Waals surface area (Å²) in [5.74, 6) is 0.300. The quantitative estimate of drug-likeness (QED) is 0.888. The minimum Gasteiger partial charge on any atom is -0.346 e. The van der Waals surface area contributed by atoms with Crippen LogP contribution in [-0.4, -0.2) is 34.6 Å².